The number of carbonyl (C=O) groups is 6. The van der Waals surface area contributed by atoms with E-state index in [4.69, 9.17) is 28.3 Å². The van der Waals surface area contributed by atoms with Gasteiger partial charge in [-0.1, -0.05) is 23.2 Å². The zero-order valence-electron chi connectivity index (χ0n) is 24.2. The molecule has 2 aromatic carbocycles. The number of halogens is 2. The number of hydrogen-bond acceptors (Lipinski definition) is 7. The number of hydrogen-bond donors (Lipinski definition) is 5. The molecule has 0 aliphatic heterocycles. The molecular weight excluding hydrogens is 627 g/mol. The van der Waals surface area contributed by atoms with Crippen molar-refractivity contribution in [1.29, 1.82) is 0 Å². The van der Waals surface area contributed by atoms with Crippen molar-refractivity contribution in [1.82, 2.24) is 10.6 Å². The van der Waals surface area contributed by atoms with E-state index in [1.165, 1.54) is 37.4 Å². The molecule has 0 radical (unpaired) electrons. The van der Waals surface area contributed by atoms with Gasteiger partial charge in [-0.05, 0) is 73.9 Å². The predicted molar refractivity (Wildman–Crippen MR) is 168 cm³/mol. The van der Waals surface area contributed by atoms with Crippen molar-refractivity contribution in [2.24, 2.45) is 11.8 Å². The quantitative estimate of drug-likeness (QED) is 0.166. The molecular formula is C31H32Cl2N4O8. The van der Waals surface area contributed by atoms with Gasteiger partial charge in [0.15, 0.2) is 0 Å². The maximum absolute atomic E-state index is 12.2. The van der Waals surface area contributed by atoms with E-state index in [0.717, 1.165) is 50.0 Å². The Morgan fingerprint density at radius 1 is 0.733 bits per heavy atom. The van der Waals surface area contributed by atoms with Gasteiger partial charge in [0.1, 0.15) is 0 Å². The lowest BCUT2D eigenvalue weighted by Crippen LogP contribution is -2.27. The molecule has 0 saturated heterocycles. The number of aliphatic carboxylic acids is 1. The second-order valence-corrected chi connectivity index (χ2v) is 11.1. The van der Waals surface area contributed by atoms with Crippen LogP contribution in [0, 0.1) is 11.8 Å². The Morgan fingerprint density at radius 3 is 1.53 bits per heavy atom. The van der Waals surface area contributed by atoms with E-state index in [0.29, 0.717) is 40.7 Å². The highest BCUT2D eigenvalue weighted by Gasteiger charge is 2.24. The van der Waals surface area contributed by atoms with Crippen molar-refractivity contribution in [2.75, 3.05) is 30.8 Å². The summed E-state index contributed by atoms with van der Waals surface area (Å²) in [6, 6.07) is 9.09. The van der Waals surface area contributed by atoms with Crippen LogP contribution in [0.2, 0.25) is 10.0 Å². The first-order chi connectivity index (χ1) is 21.4. The summed E-state index contributed by atoms with van der Waals surface area (Å²) >= 11 is 11.8. The maximum atomic E-state index is 12.2. The first-order valence-electron chi connectivity index (χ1n) is 13.9. The van der Waals surface area contributed by atoms with Crippen LogP contribution in [0.3, 0.4) is 0 Å². The minimum Gasteiger partial charge on any atom is -0.478 e. The van der Waals surface area contributed by atoms with Crippen molar-refractivity contribution in [2.45, 2.75) is 25.7 Å². The third kappa shape index (κ3) is 12.8. The average Bonchev–Trinajstić information content (AvgIpc) is 3.94. The van der Waals surface area contributed by atoms with Gasteiger partial charge >= 0.3 is 11.9 Å². The molecule has 0 heterocycles. The lowest BCUT2D eigenvalue weighted by Gasteiger charge is -2.11. The Morgan fingerprint density at radius 2 is 1.16 bits per heavy atom. The number of methoxy groups -OCH3 is 1. The van der Waals surface area contributed by atoms with Crippen LogP contribution >= 0.6 is 23.2 Å². The predicted octanol–water partition coefficient (Wildman–Crippen LogP) is 4.21. The smallest absolute Gasteiger partial charge is 0.330 e. The number of carboxylic acid groups (broad SMARTS) is 1. The van der Waals surface area contributed by atoms with Gasteiger partial charge in [0.05, 0.1) is 29.6 Å². The highest BCUT2D eigenvalue weighted by atomic mass is 35.5. The molecule has 2 saturated carbocycles. The molecule has 2 fully saturated rings. The Hall–Kier alpha value is -4.68. The lowest BCUT2D eigenvalue weighted by molar-refractivity contribution is -0.135. The summed E-state index contributed by atoms with van der Waals surface area (Å²) in [5.74, 6) is -2.61. The zero-order valence-corrected chi connectivity index (χ0v) is 25.7. The highest BCUT2D eigenvalue weighted by Crippen LogP contribution is 2.29. The van der Waals surface area contributed by atoms with Gasteiger partial charge in [0.2, 0.25) is 11.8 Å². The topological polar surface area (TPSA) is 180 Å². The van der Waals surface area contributed by atoms with Crippen LogP contribution in [0.4, 0.5) is 11.4 Å². The monoisotopic (exact) mass is 658 g/mol. The van der Waals surface area contributed by atoms with E-state index < -0.39 is 23.8 Å². The number of nitrogens with one attached hydrogen (secondary N) is 4. The van der Waals surface area contributed by atoms with Gasteiger partial charge in [-0.25, -0.2) is 9.59 Å². The van der Waals surface area contributed by atoms with Crippen molar-refractivity contribution in [3.05, 3.63) is 81.9 Å². The summed E-state index contributed by atoms with van der Waals surface area (Å²) < 4.78 is 4.40. The summed E-state index contributed by atoms with van der Waals surface area (Å²) in [6.45, 7) is 1.21. The first kappa shape index (κ1) is 34.8. The third-order valence-electron chi connectivity index (χ3n) is 6.41. The Labute approximate surface area is 269 Å². The van der Waals surface area contributed by atoms with E-state index in [2.05, 4.69) is 26.0 Å². The number of ether oxygens (including phenoxy) is 1. The number of esters is 1. The molecule has 4 rings (SSSR count). The molecule has 5 N–H and O–H groups in total. The van der Waals surface area contributed by atoms with E-state index >= 15 is 0 Å². The van der Waals surface area contributed by atoms with Gasteiger partial charge in [0.25, 0.3) is 11.8 Å². The molecule has 0 aromatic heterocycles. The Bertz CT molecular complexity index is 1520. The molecule has 2 aliphatic rings. The number of amides is 4. The summed E-state index contributed by atoms with van der Waals surface area (Å²) in [5, 5.41) is 19.9. The Kier molecular flexibility index (Phi) is 13.1. The molecule has 2 aromatic rings. The molecule has 2 aliphatic carbocycles. The first-order valence-corrected chi connectivity index (χ1v) is 14.6. The van der Waals surface area contributed by atoms with Crippen molar-refractivity contribution in [3.8, 4) is 0 Å². The average molecular weight is 660 g/mol. The van der Waals surface area contributed by atoms with Gasteiger partial charge in [-0.3, -0.25) is 19.2 Å². The second kappa shape index (κ2) is 17.0. The van der Waals surface area contributed by atoms with E-state index in [9.17, 15) is 28.8 Å². The molecule has 4 amide bonds. The number of anilines is 2. The van der Waals surface area contributed by atoms with Crippen LogP contribution in [0.25, 0.3) is 0 Å². The summed E-state index contributed by atoms with van der Waals surface area (Å²) in [7, 11) is 1.21. The minimum atomic E-state index is -1.23. The maximum Gasteiger partial charge on any atom is 0.330 e. The van der Waals surface area contributed by atoms with E-state index in [1.54, 1.807) is 6.07 Å². The number of benzene rings is 2. The highest BCUT2D eigenvalue weighted by molar-refractivity contribution is 6.31. The zero-order chi connectivity index (χ0) is 32.9. The molecule has 12 nitrogen and oxygen atoms in total. The van der Waals surface area contributed by atoms with Crippen LogP contribution in [-0.4, -0.2) is 60.9 Å². The number of carboxylic acids is 1. The summed E-state index contributed by atoms with van der Waals surface area (Å²) in [4.78, 5) is 69.2. The molecule has 0 unspecified atom stereocenters. The largest absolute Gasteiger partial charge is 0.478 e. The molecule has 0 bridgehead atoms. The minimum absolute atomic E-state index is 0.241. The van der Waals surface area contributed by atoms with Gasteiger partial charge in [-0.2, -0.15) is 0 Å². The third-order valence-corrected chi connectivity index (χ3v) is 6.88. The molecule has 45 heavy (non-hydrogen) atoms. The molecule has 14 heteroatoms. The molecule has 0 spiro atoms. The van der Waals surface area contributed by atoms with Crippen molar-refractivity contribution in [3.63, 3.8) is 0 Å². The summed E-state index contributed by atoms with van der Waals surface area (Å²) in [5.41, 5.74) is 1.11. The molecule has 238 valence electrons. The number of carbonyl (C=O) groups excluding carboxylic acids is 5. The van der Waals surface area contributed by atoms with E-state index in [1.807, 2.05) is 0 Å². The molecule has 0 atom stereocenters. The Balaban J connectivity index is 0.000000246. The number of rotatable bonds is 12. The standard InChI is InChI=1S/C16H17ClN2O4.C15H15ClN2O4/c1-23-15(21)7-6-14(20)19-13-5-4-11(17)8-12(13)16(22)18-9-10-2-3-10;16-10-3-4-12(18-13(19)5-6-14(20)21)11(7-10)15(22)17-8-9-1-2-9/h4-8,10H,2-3,9H2,1H3,(H,18,22)(H,19,20);3-7,9H,1-2,8H2,(H,17,22)(H,18,19)(H,20,21)/b7-6+;6-5+. The fourth-order valence-corrected chi connectivity index (χ4v) is 3.99. The lowest BCUT2D eigenvalue weighted by atomic mass is 10.1. The van der Waals surface area contributed by atoms with Crippen molar-refractivity contribution >= 4 is 70.1 Å². The van der Waals surface area contributed by atoms with Gasteiger partial charge < -0.3 is 31.1 Å². The van der Waals surface area contributed by atoms with Gasteiger partial charge in [0, 0.05) is 47.4 Å². The van der Waals surface area contributed by atoms with Gasteiger partial charge in [-0.15, -0.1) is 0 Å². The van der Waals surface area contributed by atoms with Crippen LogP contribution < -0.4 is 21.3 Å². The normalized spacial score (nSPS) is 13.8. The fraction of sp³-hybridized carbons (Fsp3) is 0.290. The van der Waals surface area contributed by atoms with Crippen LogP contribution in [-0.2, 0) is 23.9 Å². The SMILES string of the molecule is COC(=O)/C=C/C(=O)Nc1ccc(Cl)cc1C(=O)NCC1CC1.O=C(O)/C=C/C(=O)Nc1ccc(Cl)cc1C(=O)NCC1CC1. The fourth-order valence-electron chi connectivity index (χ4n) is 3.64. The van der Waals surface area contributed by atoms with Crippen LogP contribution in [0.15, 0.2) is 60.7 Å². The summed E-state index contributed by atoms with van der Waals surface area (Å²) in [6.07, 6.45) is 8.10. The second-order valence-electron chi connectivity index (χ2n) is 10.2. The van der Waals surface area contributed by atoms with E-state index in [-0.39, 0.29) is 28.6 Å². The van der Waals surface area contributed by atoms with Crippen LogP contribution in [0.5, 0.6) is 0 Å². The van der Waals surface area contributed by atoms with Crippen molar-refractivity contribution < 1.29 is 38.6 Å². The van der Waals surface area contributed by atoms with Crippen LogP contribution in [0.1, 0.15) is 46.4 Å².